The molecule has 0 saturated heterocycles. The largest absolute Gasteiger partial charge is 0.332 e. The Kier molecular flexibility index (Phi) is 7.61. The van der Waals surface area contributed by atoms with Crippen molar-refractivity contribution in [1.82, 2.24) is 4.57 Å². The van der Waals surface area contributed by atoms with Crippen LogP contribution in [0.3, 0.4) is 0 Å². The Labute approximate surface area is 322 Å². The van der Waals surface area contributed by atoms with Gasteiger partial charge in [-0.05, 0) is 98.3 Å². The normalized spacial score (nSPS) is 15.6. The van der Waals surface area contributed by atoms with Gasteiger partial charge >= 0.3 is 0 Å². The van der Waals surface area contributed by atoms with E-state index in [4.69, 9.17) is 0 Å². The first-order valence-electron chi connectivity index (χ1n) is 19.5. The fourth-order valence-corrected chi connectivity index (χ4v) is 9.14. The summed E-state index contributed by atoms with van der Waals surface area (Å²) in [6.45, 7) is 9.28. The van der Waals surface area contributed by atoms with Crippen LogP contribution in [0.25, 0.3) is 72.3 Å². The van der Waals surface area contributed by atoms with E-state index in [0.717, 1.165) is 12.1 Å². The highest BCUT2D eigenvalue weighted by Crippen LogP contribution is 2.43. The molecule has 0 aliphatic heterocycles. The smallest absolute Gasteiger partial charge is 0.0649 e. The molecular weight excluding hydrogens is 665 g/mol. The second kappa shape index (κ2) is 12.6. The third-order valence-electron chi connectivity index (χ3n) is 11.8. The molecule has 1 aromatic heterocycles. The highest BCUT2D eigenvalue weighted by molar-refractivity contribution is 6.11. The Hall–Kier alpha value is -6.38. The van der Waals surface area contributed by atoms with Gasteiger partial charge in [0.25, 0.3) is 0 Å². The number of anilines is 2. The zero-order valence-corrected chi connectivity index (χ0v) is 31.9. The molecular formula is C53H44N2. The zero-order chi connectivity index (χ0) is 37.3. The standard InChI is InChI=1S/C53H44N2/c1-52(2,3)37-26-28-38(29-27-37)55(53(4)33-32-45-43-21-9-8-19-41(43)42-20-10-11-22-44(42)48(45)35-53)39-30-31-47-46-23-13-15-25-50(46)54(51(47)34-39)49-24-14-12-18-40(49)36-16-6-5-7-17-36/h5-32,34-35H,33H2,1-4H3. The second-order valence-electron chi connectivity index (χ2n) is 16.4. The fourth-order valence-electron chi connectivity index (χ4n) is 9.14. The monoisotopic (exact) mass is 708 g/mol. The molecule has 0 bridgehead atoms. The van der Waals surface area contributed by atoms with Crippen LogP contribution in [0.4, 0.5) is 11.4 Å². The summed E-state index contributed by atoms with van der Waals surface area (Å²) in [5.41, 5.74) is 9.36. The maximum atomic E-state index is 2.59. The molecule has 9 aromatic rings. The van der Waals surface area contributed by atoms with E-state index < -0.39 is 0 Å². The van der Waals surface area contributed by atoms with Gasteiger partial charge in [0.2, 0.25) is 0 Å². The lowest BCUT2D eigenvalue weighted by Gasteiger charge is -2.42. The molecule has 2 nitrogen and oxygen atoms in total. The van der Waals surface area contributed by atoms with Gasteiger partial charge in [-0.2, -0.15) is 0 Å². The topological polar surface area (TPSA) is 8.17 Å². The van der Waals surface area contributed by atoms with Crippen molar-refractivity contribution in [3.8, 4) is 16.8 Å². The molecule has 266 valence electrons. The summed E-state index contributed by atoms with van der Waals surface area (Å²) in [5, 5.41) is 10.4. The Morgan fingerprint density at radius 3 is 1.78 bits per heavy atom. The minimum atomic E-state index is -0.367. The van der Waals surface area contributed by atoms with Gasteiger partial charge in [-0.3, -0.25) is 0 Å². The van der Waals surface area contributed by atoms with E-state index >= 15 is 0 Å². The molecule has 0 N–H and O–H groups in total. The Balaban J connectivity index is 1.25. The average Bonchev–Trinajstić information content (AvgIpc) is 3.54. The Morgan fingerprint density at radius 1 is 0.509 bits per heavy atom. The first kappa shape index (κ1) is 33.2. The first-order valence-corrected chi connectivity index (χ1v) is 19.5. The molecule has 1 aliphatic rings. The SMILES string of the molecule is CC(C)(C)c1ccc(N(c2ccc3c4ccccc4n(-c4ccccc4-c4ccccc4)c3c2)C2(C)C=c3c(c4ccccc4c4ccccc34)=CC2)cc1. The molecule has 0 saturated carbocycles. The van der Waals surface area contributed by atoms with Gasteiger partial charge in [-0.25, -0.2) is 0 Å². The summed E-state index contributed by atoms with van der Waals surface area (Å²) < 4.78 is 2.48. The summed E-state index contributed by atoms with van der Waals surface area (Å²) in [5.74, 6) is 0. The van der Waals surface area contributed by atoms with Crippen molar-refractivity contribution in [2.75, 3.05) is 4.90 Å². The van der Waals surface area contributed by atoms with Gasteiger partial charge in [0, 0.05) is 27.7 Å². The molecule has 2 heteroatoms. The number of fused-ring (bicyclic) bond motifs is 9. The van der Waals surface area contributed by atoms with Gasteiger partial charge in [0.15, 0.2) is 0 Å². The lowest BCUT2D eigenvalue weighted by Crippen LogP contribution is -2.47. The molecule has 0 spiro atoms. The van der Waals surface area contributed by atoms with E-state index in [1.807, 2.05) is 0 Å². The van der Waals surface area contributed by atoms with Crippen molar-refractivity contribution < 1.29 is 0 Å². The van der Waals surface area contributed by atoms with Crippen molar-refractivity contribution in [3.63, 3.8) is 0 Å². The zero-order valence-electron chi connectivity index (χ0n) is 31.9. The number of benzene rings is 8. The van der Waals surface area contributed by atoms with Gasteiger partial charge in [0.1, 0.15) is 0 Å². The fraction of sp³-hybridized carbons (Fsp3) is 0.132. The summed E-state index contributed by atoms with van der Waals surface area (Å²) >= 11 is 0. The van der Waals surface area contributed by atoms with Gasteiger partial charge in [-0.15, -0.1) is 0 Å². The number of rotatable bonds is 5. The van der Waals surface area contributed by atoms with Crippen LogP contribution in [0.1, 0.15) is 39.7 Å². The van der Waals surface area contributed by atoms with E-state index in [0.29, 0.717) is 0 Å². The molecule has 1 atom stereocenters. The maximum Gasteiger partial charge on any atom is 0.0649 e. The Morgan fingerprint density at radius 2 is 1.07 bits per heavy atom. The minimum Gasteiger partial charge on any atom is -0.332 e. The predicted molar refractivity (Wildman–Crippen MR) is 236 cm³/mol. The highest BCUT2D eigenvalue weighted by atomic mass is 15.2. The number of nitrogens with zero attached hydrogens (tertiary/aromatic N) is 2. The second-order valence-corrected chi connectivity index (χ2v) is 16.4. The molecule has 8 aromatic carbocycles. The van der Waals surface area contributed by atoms with Crippen LogP contribution < -0.4 is 15.3 Å². The molecule has 10 rings (SSSR count). The third kappa shape index (κ3) is 5.39. The maximum absolute atomic E-state index is 2.59. The summed E-state index contributed by atoms with van der Waals surface area (Å²) in [7, 11) is 0. The van der Waals surface area contributed by atoms with Crippen LogP contribution in [-0.2, 0) is 5.41 Å². The quantitative estimate of drug-likeness (QED) is 0.162. The van der Waals surface area contributed by atoms with E-state index in [-0.39, 0.29) is 11.0 Å². The molecule has 1 heterocycles. The van der Waals surface area contributed by atoms with Crippen LogP contribution >= 0.6 is 0 Å². The van der Waals surface area contributed by atoms with Crippen molar-refractivity contribution in [2.45, 2.75) is 45.1 Å². The third-order valence-corrected chi connectivity index (χ3v) is 11.8. The average molecular weight is 709 g/mol. The molecule has 0 amide bonds. The van der Waals surface area contributed by atoms with Crippen molar-refractivity contribution in [3.05, 3.63) is 186 Å². The van der Waals surface area contributed by atoms with Crippen LogP contribution in [0.2, 0.25) is 0 Å². The number of aromatic nitrogens is 1. The van der Waals surface area contributed by atoms with Gasteiger partial charge in [0.05, 0.1) is 22.3 Å². The first-order chi connectivity index (χ1) is 26.8. The van der Waals surface area contributed by atoms with E-state index in [9.17, 15) is 0 Å². The van der Waals surface area contributed by atoms with Crippen LogP contribution in [0.5, 0.6) is 0 Å². The minimum absolute atomic E-state index is 0.0584. The molecule has 1 unspecified atom stereocenters. The van der Waals surface area contributed by atoms with Crippen molar-refractivity contribution >= 4 is 66.9 Å². The van der Waals surface area contributed by atoms with Crippen LogP contribution in [0.15, 0.2) is 170 Å². The lowest BCUT2D eigenvalue weighted by molar-refractivity contribution is 0.589. The predicted octanol–water partition coefficient (Wildman–Crippen LogP) is 12.6. The number of hydrogen-bond donors (Lipinski definition) is 0. The van der Waals surface area contributed by atoms with E-state index in [2.05, 4.69) is 219 Å². The van der Waals surface area contributed by atoms with Crippen molar-refractivity contribution in [2.24, 2.45) is 0 Å². The van der Waals surface area contributed by atoms with Crippen LogP contribution in [-0.4, -0.2) is 10.1 Å². The lowest BCUT2D eigenvalue weighted by atomic mass is 9.84. The van der Waals surface area contributed by atoms with Gasteiger partial charge < -0.3 is 9.47 Å². The van der Waals surface area contributed by atoms with Crippen molar-refractivity contribution in [1.29, 1.82) is 0 Å². The highest BCUT2D eigenvalue weighted by Gasteiger charge is 2.33. The number of hydrogen-bond acceptors (Lipinski definition) is 1. The molecule has 1 aliphatic carbocycles. The molecule has 0 radical (unpaired) electrons. The molecule has 0 fully saturated rings. The van der Waals surface area contributed by atoms with E-state index in [1.165, 1.54) is 81.9 Å². The number of para-hydroxylation sites is 2. The van der Waals surface area contributed by atoms with E-state index in [1.54, 1.807) is 0 Å². The summed E-state index contributed by atoms with van der Waals surface area (Å²) in [6, 6.07) is 62.7. The summed E-state index contributed by atoms with van der Waals surface area (Å²) in [6.07, 6.45) is 5.91. The van der Waals surface area contributed by atoms with Gasteiger partial charge in [-0.1, -0.05) is 166 Å². The summed E-state index contributed by atoms with van der Waals surface area (Å²) in [4.78, 5) is 2.59. The molecule has 55 heavy (non-hydrogen) atoms. The Bertz CT molecular complexity index is 3050. The van der Waals surface area contributed by atoms with Crippen LogP contribution in [0, 0.1) is 0 Å².